The molecule has 138 valence electrons. The molecule has 4 aromatic rings. The zero-order valence-electron chi connectivity index (χ0n) is 15.4. The molecule has 0 bridgehead atoms. The van der Waals surface area contributed by atoms with Gasteiger partial charge in [-0.2, -0.15) is 5.10 Å². The van der Waals surface area contributed by atoms with E-state index in [1.807, 2.05) is 72.8 Å². The van der Waals surface area contributed by atoms with Gasteiger partial charge in [0.2, 0.25) is 5.43 Å². The van der Waals surface area contributed by atoms with E-state index in [9.17, 15) is 9.59 Å². The Labute approximate surface area is 162 Å². The van der Waals surface area contributed by atoms with E-state index in [1.165, 1.54) is 0 Å². The summed E-state index contributed by atoms with van der Waals surface area (Å²) < 4.78 is 1.58. The van der Waals surface area contributed by atoms with Crippen molar-refractivity contribution in [1.82, 2.24) is 9.78 Å². The van der Waals surface area contributed by atoms with Gasteiger partial charge in [-0.1, -0.05) is 60.7 Å². The largest absolute Gasteiger partial charge is 0.302 e. The van der Waals surface area contributed by atoms with E-state index in [0.29, 0.717) is 23.1 Å². The second-order valence-corrected chi connectivity index (χ2v) is 6.53. The Balaban J connectivity index is 1.83. The molecule has 1 amide bonds. The van der Waals surface area contributed by atoms with Gasteiger partial charge in [0.05, 0.1) is 12.1 Å². The number of fused-ring (bicyclic) bond motifs is 1. The topological polar surface area (TPSA) is 55.2 Å². The van der Waals surface area contributed by atoms with Crippen molar-refractivity contribution in [3.05, 3.63) is 106 Å². The molecular weight excluding hydrogens is 350 g/mol. The van der Waals surface area contributed by atoms with Crippen LogP contribution in [-0.2, 0) is 13.6 Å². The summed E-state index contributed by atoms with van der Waals surface area (Å²) in [5.41, 5.74) is 1.94. The molecule has 0 fully saturated rings. The fourth-order valence-electron chi connectivity index (χ4n) is 3.25. The highest BCUT2D eigenvalue weighted by Crippen LogP contribution is 2.19. The minimum atomic E-state index is -0.415. The van der Waals surface area contributed by atoms with Crippen LogP contribution in [0.1, 0.15) is 16.1 Å². The van der Waals surface area contributed by atoms with Crippen molar-refractivity contribution in [2.75, 3.05) is 4.90 Å². The lowest BCUT2D eigenvalue weighted by Gasteiger charge is -2.23. The number of rotatable bonds is 4. The zero-order valence-corrected chi connectivity index (χ0v) is 15.4. The first-order valence-electron chi connectivity index (χ1n) is 9.02. The third-order valence-corrected chi connectivity index (χ3v) is 4.66. The Bertz CT molecular complexity index is 1180. The lowest BCUT2D eigenvalue weighted by Crippen LogP contribution is -2.36. The van der Waals surface area contributed by atoms with Gasteiger partial charge >= 0.3 is 0 Å². The number of para-hydroxylation sites is 2. The van der Waals surface area contributed by atoms with Gasteiger partial charge in [0.1, 0.15) is 0 Å². The van der Waals surface area contributed by atoms with Gasteiger partial charge < -0.3 is 4.90 Å². The van der Waals surface area contributed by atoms with Crippen LogP contribution in [0.25, 0.3) is 10.9 Å². The van der Waals surface area contributed by atoms with Crippen LogP contribution in [0.3, 0.4) is 0 Å². The van der Waals surface area contributed by atoms with Crippen LogP contribution in [-0.4, -0.2) is 15.7 Å². The quantitative estimate of drug-likeness (QED) is 0.550. The number of carbonyl (C=O) groups excluding carboxylic acids is 1. The Morgan fingerprint density at radius 2 is 1.50 bits per heavy atom. The summed E-state index contributed by atoms with van der Waals surface area (Å²) in [5.74, 6) is -0.415. The Morgan fingerprint density at radius 3 is 2.21 bits per heavy atom. The molecule has 4 rings (SSSR count). The number of carbonyl (C=O) groups is 1. The molecule has 5 heteroatoms. The second-order valence-electron chi connectivity index (χ2n) is 6.53. The lowest BCUT2D eigenvalue weighted by atomic mass is 10.1. The highest BCUT2D eigenvalue weighted by molar-refractivity contribution is 6.05. The van der Waals surface area contributed by atoms with E-state index in [4.69, 9.17) is 0 Å². The molecule has 28 heavy (non-hydrogen) atoms. The van der Waals surface area contributed by atoms with Gasteiger partial charge in [-0.15, -0.1) is 0 Å². The number of hydrogen-bond acceptors (Lipinski definition) is 3. The monoisotopic (exact) mass is 369 g/mol. The maximum Gasteiger partial charge on any atom is 0.283 e. The molecule has 0 N–H and O–H groups in total. The molecular formula is C23H19N3O2. The normalized spacial score (nSPS) is 10.8. The third kappa shape index (κ3) is 3.30. The van der Waals surface area contributed by atoms with E-state index >= 15 is 0 Å². The SMILES string of the molecule is Cn1nc(C(=O)N(Cc2ccccc2)c2ccccc2)c(=O)c2ccccc21. The molecule has 0 aliphatic rings. The van der Waals surface area contributed by atoms with Crippen LogP contribution in [0.5, 0.6) is 0 Å². The molecule has 0 radical (unpaired) electrons. The number of aryl methyl sites for hydroxylation is 1. The van der Waals surface area contributed by atoms with E-state index in [0.717, 1.165) is 5.56 Å². The van der Waals surface area contributed by atoms with Gasteiger partial charge in [0.25, 0.3) is 5.91 Å². The van der Waals surface area contributed by atoms with Crippen molar-refractivity contribution in [1.29, 1.82) is 0 Å². The van der Waals surface area contributed by atoms with Crippen LogP contribution >= 0.6 is 0 Å². The number of nitrogens with zero attached hydrogens (tertiary/aromatic N) is 3. The van der Waals surface area contributed by atoms with Gasteiger partial charge in [0, 0.05) is 18.1 Å². The summed E-state index contributed by atoms with van der Waals surface area (Å²) in [6, 6.07) is 26.2. The van der Waals surface area contributed by atoms with Gasteiger partial charge in [-0.05, 0) is 29.8 Å². The number of aromatic nitrogens is 2. The number of hydrogen-bond donors (Lipinski definition) is 0. The summed E-state index contributed by atoms with van der Waals surface area (Å²) in [4.78, 5) is 28.0. The first kappa shape index (κ1) is 17.7. The summed E-state index contributed by atoms with van der Waals surface area (Å²) in [6.45, 7) is 0.349. The van der Waals surface area contributed by atoms with Crippen LogP contribution in [0.2, 0.25) is 0 Å². The van der Waals surface area contributed by atoms with Crippen LogP contribution in [0, 0.1) is 0 Å². The number of anilines is 1. The molecule has 5 nitrogen and oxygen atoms in total. The summed E-state index contributed by atoms with van der Waals surface area (Å²) in [5, 5.41) is 4.78. The summed E-state index contributed by atoms with van der Waals surface area (Å²) in [6.07, 6.45) is 0. The highest BCUT2D eigenvalue weighted by atomic mass is 16.2. The zero-order chi connectivity index (χ0) is 19.5. The van der Waals surface area contributed by atoms with Gasteiger partial charge in [-0.25, -0.2) is 0 Å². The third-order valence-electron chi connectivity index (χ3n) is 4.66. The number of benzene rings is 3. The molecule has 0 saturated carbocycles. The maximum absolute atomic E-state index is 13.4. The molecule has 0 aliphatic carbocycles. The minimum absolute atomic E-state index is 0.0824. The van der Waals surface area contributed by atoms with E-state index in [-0.39, 0.29) is 11.1 Å². The van der Waals surface area contributed by atoms with Gasteiger partial charge in [0.15, 0.2) is 5.69 Å². The van der Waals surface area contributed by atoms with E-state index < -0.39 is 5.91 Å². The average Bonchev–Trinajstić information content (AvgIpc) is 2.75. The highest BCUT2D eigenvalue weighted by Gasteiger charge is 2.24. The predicted octanol–water partition coefficient (Wildman–Crippen LogP) is 3.78. The average molecular weight is 369 g/mol. The predicted molar refractivity (Wildman–Crippen MR) is 110 cm³/mol. The second kappa shape index (κ2) is 7.48. The van der Waals surface area contributed by atoms with Crippen molar-refractivity contribution in [3.8, 4) is 0 Å². The standard InChI is InChI=1S/C23H19N3O2/c1-25-20-15-9-8-14-19(20)22(27)21(24-25)23(28)26(18-12-6-3-7-13-18)16-17-10-4-2-5-11-17/h2-15H,16H2,1H3. The summed E-state index contributed by atoms with van der Waals surface area (Å²) in [7, 11) is 1.74. The van der Waals surface area contributed by atoms with Crippen LogP contribution in [0.4, 0.5) is 5.69 Å². The molecule has 1 aromatic heterocycles. The molecule has 0 atom stereocenters. The fraction of sp³-hybridized carbons (Fsp3) is 0.0870. The first-order valence-corrected chi connectivity index (χ1v) is 9.02. The van der Waals surface area contributed by atoms with Crippen LogP contribution < -0.4 is 10.3 Å². The fourth-order valence-corrected chi connectivity index (χ4v) is 3.25. The molecule has 3 aromatic carbocycles. The Hall–Kier alpha value is -3.73. The Morgan fingerprint density at radius 1 is 0.893 bits per heavy atom. The molecule has 0 unspecified atom stereocenters. The van der Waals surface area contributed by atoms with Crippen molar-refractivity contribution in [2.24, 2.45) is 7.05 Å². The number of amides is 1. The van der Waals surface area contributed by atoms with E-state index in [1.54, 1.807) is 28.8 Å². The van der Waals surface area contributed by atoms with Crippen molar-refractivity contribution in [3.63, 3.8) is 0 Å². The van der Waals surface area contributed by atoms with Gasteiger partial charge in [-0.3, -0.25) is 14.3 Å². The van der Waals surface area contributed by atoms with Crippen LogP contribution in [0.15, 0.2) is 89.7 Å². The van der Waals surface area contributed by atoms with Crippen molar-refractivity contribution >= 4 is 22.5 Å². The van der Waals surface area contributed by atoms with E-state index in [2.05, 4.69) is 5.10 Å². The summed E-state index contributed by atoms with van der Waals surface area (Å²) >= 11 is 0. The lowest BCUT2D eigenvalue weighted by molar-refractivity contribution is 0.0977. The molecule has 0 saturated heterocycles. The minimum Gasteiger partial charge on any atom is -0.302 e. The molecule has 1 heterocycles. The first-order chi connectivity index (χ1) is 13.6. The molecule has 0 aliphatic heterocycles. The Kier molecular flexibility index (Phi) is 4.72. The van der Waals surface area contributed by atoms with Crippen molar-refractivity contribution in [2.45, 2.75) is 6.54 Å². The van der Waals surface area contributed by atoms with Crippen molar-refractivity contribution < 1.29 is 4.79 Å². The maximum atomic E-state index is 13.4. The molecule has 0 spiro atoms. The smallest absolute Gasteiger partial charge is 0.283 e.